The van der Waals surface area contributed by atoms with Gasteiger partial charge in [-0.3, -0.25) is 9.59 Å². The van der Waals surface area contributed by atoms with Crippen molar-refractivity contribution in [2.45, 2.75) is 13.8 Å². The molecular formula is C14H13NO4. The minimum atomic E-state index is -0.691. The Kier molecular flexibility index (Phi) is 3.46. The smallest absolute Gasteiger partial charge is 0.343 e. The number of nitrogens with one attached hydrogen (secondary N) is 1. The van der Waals surface area contributed by atoms with Crippen LogP contribution in [0, 0.1) is 0 Å². The predicted molar refractivity (Wildman–Crippen MR) is 70.5 cm³/mol. The highest BCUT2D eigenvalue weighted by Gasteiger charge is 2.17. The second-order valence-corrected chi connectivity index (χ2v) is 4.04. The number of esters is 1. The van der Waals surface area contributed by atoms with E-state index in [1.165, 1.54) is 13.1 Å². The maximum absolute atomic E-state index is 12.3. The van der Waals surface area contributed by atoms with Gasteiger partial charge in [0.2, 0.25) is 5.43 Å². The molecule has 1 N–H and O–H groups in total. The van der Waals surface area contributed by atoms with E-state index < -0.39 is 11.4 Å². The number of benzene rings is 1. The van der Waals surface area contributed by atoms with Crippen LogP contribution in [0.2, 0.25) is 0 Å². The number of aromatic nitrogens is 1. The molecule has 5 heteroatoms. The van der Waals surface area contributed by atoms with Crippen LogP contribution in [0.4, 0.5) is 0 Å². The van der Waals surface area contributed by atoms with E-state index in [1.54, 1.807) is 25.1 Å². The van der Waals surface area contributed by atoms with Crippen LogP contribution < -0.4 is 5.43 Å². The van der Waals surface area contributed by atoms with Crippen molar-refractivity contribution in [1.29, 1.82) is 0 Å². The van der Waals surface area contributed by atoms with E-state index in [0.717, 1.165) is 0 Å². The van der Waals surface area contributed by atoms with Gasteiger partial charge in [-0.05, 0) is 19.9 Å². The van der Waals surface area contributed by atoms with Gasteiger partial charge in [0.05, 0.1) is 17.5 Å². The molecule has 0 aliphatic carbocycles. The molecule has 2 aromatic rings. The number of Topliss-reactive ketones (excluding diaryl/α,β-unsaturated/α-hetero) is 1. The predicted octanol–water partition coefficient (Wildman–Crippen LogP) is 1.91. The number of rotatable bonds is 3. The molecule has 1 aromatic carbocycles. The van der Waals surface area contributed by atoms with Gasteiger partial charge in [0.15, 0.2) is 5.78 Å². The van der Waals surface area contributed by atoms with E-state index in [-0.39, 0.29) is 23.3 Å². The summed E-state index contributed by atoms with van der Waals surface area (Å²) in [6, 6.07) is 4.92. The molecule has 0 radical (unpaired) electrons. The molecule has 0 aliphatic rings. The third kappa shape index (κ3) is 2.27. The van der Waals surface area contributed by atoms with Crippen LogP contribution in [0.5, 0.6) is 0 Å². The molecule has 5 nitrogen and oxygen atoms in total. The number of ketones is 1. The Morgan fingerprint density at radius 2 is 2.00 bits per heavy atom. The molecule has 1 heterocycles. The number of pyridine rings is 1. The zero-order chi connectivity index (χ0) is 14.0. The van der Waals surface area contributed by atoms with E-state index in [2.05, 4.69) is 4.98 Å². The van der Waals surface area contributed by atoms with Gasteiger partial charge in [-0.2, -0.15) is 0 Å². The van der Waals surface area contributed by atoms with Crippen molar-refractivity contribution in [3.63, 3.8) is 0 Å². The maximum Gasteiger partial charge on any atom is 0.343 e. The molecule has 0 saturated carbocycles. The molecule has 98 valence electrons. The summed E-state index contributed by atoms with van der Waals surface area (Å²) in [6.45, 7) is 3.23. The second kappa shape index (κ2) is 5.06. The van der Waals surface area contributed by atoms with Crippen LogP contribution in [-0.4, -0.2) is 23.3 Å². The monoisotopic (exact) mass is 259 g/mol. The van der Waals surface area contributed by atoms with Gasteiger partial charge >= 0.3 is 5.97 Å². The quantitative estimate of drug-likeness (QED) is 0.674. The number of ether oxygens (including phenoxy) is 1. The fourth-order valence-electron chi connectivity index (χ4n) is 1.92. The van der Waals surface area contributed by atoms with Gasteiger partial charge < -0.3 is 9.72 Å². The fourth-order valence-corrected chi connectivity index (χ4v) is 1.92. The van der Waals surface area contributed by atoms with Crippen LogP contribution in [0.1, 0.15) is 34.6 Å². The van der Waals surface area contributed by atoms with Crippen molar-refractivity contribution in [2.75, 3.05) is 6.61 Å². The van der Waals surface area contributed by atoms with Crippen molar-refractivity contribution in [1.82, 2.24) is 4.98 Å². The van der Waals surface area contributed by atoms with Crippen LogP contribution in [-0.2, 0) is 4.74 Å². The molecule has 0 bridgehead atoms. The third-order valence-corrected chi connectivity index (χ3v) is 2.78. The normalized spacial score (nSPS) is 10.4. The molecule has 19 heavy (non-hydrogen) atoms. The SMILES string of the molecule is CCOC(=O)c1c[nH]c2cccc(C(C)=O)c2c1=O. The largest absolute Gasteiger partial charge is 0.462 e. The van der Waals surface area contributed by atoms with Gasteiger partial charge in [-0.15, -0.1) is 0 Å². The van der Waals surface area contributed by atoms with Gasteiger partial charge in [0.1, 0.15) is 5.56 Å². The van der Waals surface area contributed by atoms with Crippen LogP contribution in [0.15, 0.2) is 29.2 Å². The van der Waals surface area contributed by atoms with Crippen molar-refractivity contribution >= 4 is 22.7 Å². The fraction of sp³-hybridized carbons (Fsp3) is 0.214. The van der Waals surface area contributed by atoms with E-state index >= 15 is 0 Å². The zero-order valence-electron chi connectivity index (χ0n) is 10.6. The highest BCUT2D eigenvalue weighted by atomic mass is 16.5. The molecule has 1 aromatic heterocycles. The lowest BCUT2D eigenvalue weighted by Gasteiger charge is -2.05. The van der Waals surface area contributed by atoms with Crippen LogP contribution in [0.25, 0.3) is 10.9 Å². The number of hydrogen-bond acceptors (Lipinski definition) is 4. The molecule has 0 unspecified atom stereocenters. The number of carbonyl (C=O) groups is 2. The number of H-pyrrole nitrogens is 1. The summed E-state index contributed by atoms with van der Waals surface area (Å²) in [6.07, 6.45) is 1.31. The summed E-state index contributed by atoms with van der Waals surface area (Å²) in [4.78, 5) is 38.4. The van der Waals surface area contributed by atoms with Crippen LogP contribution in [0.3, 0.4) is 0 Å². The van der Waals surface area contributed by atoms with Gasteiger partial charge in [0.25, 0.3) is 0 Å². The summed E-state index contributed by atoms with van der Waals surface area (Å²) in [5, 5.41) is 0.223. The van der Waals surface area contributed by atoms with Crippen molar-refractivity contribution in [2.24, 2.45) is 0 Å². The second-order valence-electron chi connectivity index (χ2n) is 4.04. The maximum atomic E-state index is 12.3. The van der Waals surface area contributed by atoms with E-state index in [0.29, 0.717) is 11.1 Å². The molecule has 0 aliphatic heterocycles. The molecule has 0 fully saturated rings. The standard InChI is InChI=1S/C14H13NO4/c1-3-19-14(18)10-7-15-11-6-4-5-9(8(2)16)12(11)13(10)17/h4-7H,3H2,1-2H3,(H,15,17). The van der Waals surface area contributed by atoms with Gasteiger partial charge in [0, 0.05) is 11.8 Å². The summed E-state index contributed by atoms with van der Waals surface area (Å²) >= 11 is 0. The average molecular weight is 259 g/mol. The lowest BCUT2D eigenvalue weighted by atomic mass is 10.0. The van der Waals surface area contributed by atoms with Gasteiger partial charge in [-0.25, -0.2) is 4.79 Å². The summed E-state index contributed by atoms with van der Waals surface area (Å²) in [5.74, 6) is -0.916. The third-order valence-electron chi connectivity index (χ3n) is 2.78. The van der Waals surface area contributed by atoms with Crippen molar-refractivity contribution in [3.05, 3.63) is 45.7 Å². The zero-order valence-corrected chi connectivity index (χ0v) is 10.6. The Labute approximate surface area is 109 Å². The minimum Gasteiger partial charge on any atom is -0.462 e. The first-order valence-corrected chi connectivity index (χ1v) is 5.88. The van der Waals surface area contributed by atoms with E-state index in [1.807, 2.05) is 0 Å². The number of carbonyl (C=O) groups excluding carboxylic acids is 2. The molecule has 0 saturated heterocycles. The summed E-state index contributed by atoms with van der Waals surface area (Å²) < 4.78 is 4.81. The first kappa shape index (κ1) is 13.0. The lowest BCUT2D eigenvalue weighted by molar-refractivity contribution is 0.0524. The highest BCUT2D eigenvalue weighted by Crippen LogP contribution is 2.14. The Morgan fingerprint density at radius 1 is 1.26 bits per heavy atom. The van der Waals surface area contributed by atoms with E-state index in [9.17, 15) is 14.4 Å². The Morgan fingerprint density at radius 3 is 2.63 bits per heavy atom. The lowest BCUT2D eigenvalue weighted by Crippen LogP contribution is -2.19. The minimum absolute atomic E-state index is 0.0944. The number of aromatic amines is 1. The van der Waals surface area contributed by atoms with E-state index in [4.69, 9.17) is 4.74 Å². The highest BCUT2D eigenvalue weighted by molar-refractivity contribution is 6.07. The number of hydrogen-bond donors (Lipinski definition) is 1. The van der Waals surface area contributed by atoms with Gasteiger partial charge in [-0.1, -0.05) is 12.1 Å². The van der Waals surface area contributed by atoms with Crippen LogP contribution >= 0.6 is 0 Å². The topological polar surface area (TPSA) is 76.2 Å². The summed E-state index contributed by atoms with van der Waals surface area (Å²) in [7, 11) is 0. The molecule has 0 amide bonds. The first-order chi connectivity index (χ1) is 9.06. The van der Waals surface area contributed by atoms with Crippen molar-refractivity contribution in [3.8, 4) is 0 Å². The first-order valence-electron chi connectivity index (χ1n) is 5.88. The Hall–Kier alpha value is -2.43. The molecular weight excluding hydrogens is 246 g/mol. The Bertz CT molecular complexity index is 715. The number of fused-ring (bicyclic) bond motifs is 1. The van der Waals surface area contributed by atoms with Crippen molar-refractivity contribution < 1.29 is 14.3 Å². The molecule has 2 rings (SSSR count). The average Bonchev–Trinajstić information content (AvgIpc) is 2.38. The Balaban J connectivity index is 2.76. The molecule has 0 atom stereocenters. The summed E-state index contributed by atoms with van der Waals surface area (Å²) in [5.41, 5.74) is 0.233. The molecule has 0 spiro atoms.